The molecule has 94 valence electrons. The number of nitrogens with zero attached hydrogens (tertiary/aromatic N) is 2. The summed E-state index contributed by atoms with van der Waals surface area (Å²) in [5.41, 5.74) is 3.65. The van der Waals surface area contributed by atoms with Crippen LogP contribution in [0.4, 0.5) is 0 Å². The zero-order valence-corrected chi connectivity index (χ0v) is 11.1. The van der Waals surface area contributed by atoms with Gasteiger partial charge in [0.2, 0.25) is 0 Å². The predicted molar refractivity (Wildman–Crippen MR) is 69.4 cm³/mol. The second-order valence-electron chi connectivity index (χ2n) is 5.14. The first-order valence-electron chi connectivity index (χ1n) is 6.44. The van der Waals surface area contributed by atoms with Crippen LogP contribution in [0.5, 0.6) is 0 Å². The molecule has 3 heteroatoms. The molecule has 1 unspecified atom stereocenters. The molecule has 17 heavy (non-hydrogen) atoms. The first kappa shape index (κ1) is 12.4. The normalized spacial score (nSPS) is 18.5. The van der Waals surface area contributed by atoms with Crippen molar-refractivity contribution >= 4 is 6.29 Å². The van der Waals surface area contributed by atoms with Crippen LogP contribution in [-0.4, -0.2) is 35.4 Å². The number of hydrogen-bond acceptors (Lipinski definition) is 2. The van der Waals surface area contributed by atoms with E-state index in [1.165, 1.54) is 29.8 Å². The highest BCUT2D eigenvalue weighted by Crippen LogP contribution is 2.23. The summed E-state index contributed by atoms with van der Waals surface area (Å²) in [7, 11) is 2.06. The van der Waals surface area contributed by atoms with E-state index in [1.54, 1.807) is 0 Å². The van der Waals surface area contributed by atoms with Gasteiger partial charge in [-0.1, -0.05) is 0 Å². The van der Waals surface area contributed by atoms with Crippen molar-refractivity contribution in [2.45, 2.75) is 32.6 Å². The van der Waals surface area contributed by atoms with E-state index in [0.717, 1.165) is 25.9 Å². The van der Waals surface area contributed by atoms with Crippen LogP contribution in [0.25, 0.3) is 0 Å². The summed E-state index contributed by atoms with van der Waals surface area (Å²) in [6.07, 6.45) is 3.66. The Morgan fingerprint density at radius 2 is 2.00 bits per heavy atom. The van der Waals surface area contributed by atoms with Crippen molar-refractivity contribution in [2.24, 2.45) is 7.05 Å². The fourth-order valence-electron chi connectivity index (χ4n) is 2.72. The van der Waals surface area contributed by atoms with Crippen LogP contribution in [0.3, 0.4) is 0 Å². The Morgan fingerprint density at radius 1 is 1.35 bits per heavy atom. The van der Waals surface area contributed by atoms with Crippen LogP contribution in [0.2, 0.25) is 0 Å². The van der Waals surface area contributed by atoms with Gasteiger partial charge in [0.1, 0.15) is 6.29 Å². The Hall–Kier alpha value is -1.09. The third kappa shape index (κ3) is 2.44. The second-order valence-corrected chi connectivity index (χ2v) is 5.14. The molecule has 1 aromatic rings. The van der Waals surface area contributed by atoms with Crippen molar-refractivity contribution in [1.82, 2.24) is 9.47 Å². The zero-order valence-electron chi connectivity index (χ0n) is 11.1. The minimum Gasteiger partial charge on any atom is -0.352 e. The van der Waals surface area contributed by atoms with Gasteiger partial charge in [0.25, 0.3) is 0 Å². The Morgan fingerprint density at radius 3 is 2.47 bits per heavy atom. The molecule has 0 N–H and O–H groups in total. The van der Waals surface area contributed by atoms with Gasteiger partial charge in [0, 0.05) is 25.0 Å². The molecule has 1 fully saturated rings. The van der Waals surface area contributed by atoms with Crippen molar-refractivity contribution in [3.63, 3.8) is 0 Å². The van der Waals surface area contributed by atoms with E-state index in [2.05, 4.69) is 36.4 Å². The largest absolute Gasteiger partial charge is 0.352 e. The second kappa shape index (κ2) is 5.05. The van der Waals surface area contributed by atoms with Gasteiger partial charge in [0.05, 0.1) is 5.92 Å². The summed E-state index contributed by atoms with van der Waals surface area (Å²) in [4.78, 5) is 13.7. The highest BCUT2D eigenvalue weighted by Gasteiger charge is 2.21. The molecule has 1 saturated heterocycles. The van der Waals surface area contributed by atoms with Gasteiger partial charge in [-0.15, -0.1) is 0 Å². The number of likely N-dealkylation sites (tertiary alicyclic amines) is 1. The SMILES string of the molecule is Cc1cc(C(C=O)CN2CCCC2)c(C)n1C. The van der Waals surface area contributed by atoms with Crippen LogP contribution < -0.4 is 0 Å². The molecule has 0 radical (unpaired) electrons. The quantitative estimate of drug-likeness (QED) is 0.745. The van der Waals surface area contributed by atoms with E-state index >= 15 is 0 Å². The van der Waals surface area contributed by atoms with Gasteiger partial charge in [-0.25, -0.2) is 0 Å². The van der Waals surface area contributed by atoms with Crippen LogP contribution in [0.1, 0.15) is 35.7 Å². The number of rotatable bonds is 4. The highest BCUT2D eigenvalue weighted by molar-refractivity contribution is 5.63. The molecule has 0 amide bonds. The fraction of sp³-hybridized carbons (Fsp3) is 0.643. The zero-order chi connectivity index (χ0) is 12.4. The summed E-state index contributed by atoms with van der Waals surface area (Å²) >= 11 is 0. The summed E-state index contributed by atoms with van der Waals surface area (Å²) in [5, 5.41) is 0. The molecule has 2 heterocycles. The average molecular weight is 234 g/mol. The molecule has 0 saturated carbocycles. The number of aromatic nitrogens is 1. The molecule has 2 rings (SSSR count). The predicted octanol–water partition coefficient (Wildman–Crippen LogP) is 2.02. The van der Waals surface area contributed by atoms with Gasteiger partial charge >= 0.3 is 0 Å². The minimum atomic E-state index is 0.0352. The van der Waals surface area contributed by atoms with E-state index in [0.29, 0.717) is 0 Å². The van der Waals surface area contributed by atoms with Gasteiger partial charge in [-0.3, -0.25) is 0 Å². The summed E-state index contributed by atoms with van der Waals surface area (Å²) in [6.45, 7) is 7.37. The standard InChI is InChI=1S/C14H22N2O/c1-11-8-14(12(2)15(11)3)13(10-17)9-16-6-4-5-7-16/h8,10,13H,4-7,9H2,1-3H3. The molecule has 1 aliphatic heterocycles. The Kier molecular flexibility index (Phi) is 3.67. The first-order chi connectivity index (χ1) is 8.13. The van der Waals surface area contributed by atoms with Crippen molar-refractivity contribution in [1.29, 1.82) is 0 Å². The van der Waals surface area contributed by atoms with Gasteiger partial charge < -0.3 is 14.3 Å². The summed E-state index contributed by atoms with van der Waals surface area (Å²) < 4.78 is 2.16. The van der Waals surface area contributed by atoms with Crippen molar-refractivity contribution < 1.29 is 4.79 Å². The lowest BCUT2D eigenvalue weighted by Gasteiger charge is -2.19. The number of aldehydes is 1. The van der Waals surface area contributed by atoms with E-state index in [-0.39, 0.29) is 5.92 Å². The van der Waals surface area contributed by atoms with Gasteiger partial charge in [-0.05, 0) is 51.4 Å². The average Bonchev–Trinajstić information content (AvgIpc) is 2.91. The van der Waals surface area contributed by atoms with Crippen LogP contribution in [0, 0.1) is 13.8 Å². The maximum atomic E-state index is 11.3. The number of carbonyl (C=O) groups is 1. The highest BCUT2D eigenvalue weighted by atomic mass is 16.1. The van der Waals surface area contributed by atoms with Crippen LogP contribution in [-0.2, 0) is 11.8 Å². The van der Waals surface area contributed by atoms with Crippen molar-refractivity contribution in [3.8, 4) is 0 Å². The third-order valence-corrected chi connectivity index (χ3v) is 4.03. The molecule has 3 nitrogen and oxygen atoms in total. The maximum Gasteiger partial charge on any atom is 0.128 e. The maximum absolute atomic E-state index is 11.3. The Labute approximate surface area is 103 Å². The number of hydrogen-bond donors (Lipinski definition) is 0. The molecule has 0 aliphatic carbocycles. The molecular weight excluding hydrogens is 212 g/mol. The third-order valence-electron chi connectivity index (χ3n) is 4.03. The summed E-state index contributed by atoms with van der Waals surface area (Å²) in [5.74, 6) is 0.0352. The lowest BCUT2D eigenvalue weighted by atomic mass is 10.0. The van der Waals surface area contributed by atoms with E-state index < -0.39 is 0 Å². The van der Waals surface area contributed by atoms with Crippen molar-refractivity contribution in [2.75, 3.05) is 19.6 Å². The lowest BCUT2D eigenvalue weighted by molar-refractivity contribution is -0.109. The van der Waals surface area contributed by atoms with E-state index in [1.807, 2.05) is 0 Å². The smallest absolute Gasteiger partial charge is 0.128 e. The lowest BCUT2D eigenvalue weighted by Crippen LogP contribution is -2.26. The minimum absolute atomic E-state index is 0.0352. The fourth-order valence-corrected chi connectivity index (χ4v) is 2.72. The van der Waals surface area contributed by atoms with Gasteiger partial charge in [-0.2, -0.15) is 0 Å². The monoisotopic (exact) mass is 234 g/mol. The molecule has 1 atom stereocenters. The van der Waals surface area contributed by atoms with Gasteiger partial charge in [0.15, 0.2) is 0 Å². The molecule has 1 aliphatic rings. The van der Waals surface area contributed by atoms with E-state index in [9.17, 15) is 4.79 Å². The summed E-state index contributed by atoms with van der Waals surface area (Å²) in [6, 6.07) is 2.16. The molecule has 0 spiro atoms. The number of aryl methyl sites for hydroxylation is 1. The molecule has 0 bridgehead atoms. The Bertz CT molecular complexity index is 403. The number of carbonyl (C=O) groups excluding carboxylic acids is 1. The Balaban J connectivity index is 2.16. The molecule has 1 aromatic heterocycles. The van der Waals surface area contributed by atoms with Crippen LogP contribution in [0.15, 0.2) is 6.07 Å². The molecule has 0 aromatic carbocycles. The topological polar surface area (TPSA) is 25.2 Å². The molecular formula is C14H22N2O. The van der Waals surface area contributed by atoms with E-state index in [4.69, 9.17) is 0 Å². The van der Waals surface area contributed by atoms with Crippen molar-refractivity contribution in [3.05, 3.63) is 23.0 Å². The van der Waals surface area contributed by atoms with Crippen LogP contribution >= 0.6 is 0 Å². The first-order valence-corrected chi connectivity index (χ1v) is 6.44.